The lowest BCUT2D eigenvalue weighted by Crippen LogP contribution is -2.05. The predicted octanol–water partition coefficient (Wildman–Crippen LogP) is 1.65. The number of phenolic OH excluding ortho intramolecular Hbond substituents is 1. The lowest BCUT2D eigenvalue weighted by molar-refractivity contribution is -0.388. The van der Waals surface area contributed by atoms with Gasteiger partial charge in [-0.15, -0.1) is 0 Å². The van der Waals surface area contributed by atoms with Gasteiger partial charge in [-0.3, -0.25) is 4.57 Å². The zero-order chi connectivity index (χ0) is 13.1. The van der Waals surface area contributed by atoms with Crippen molar-refractivity contribution in [3.8, 4) is 5.75 Å². The molecule has 0 aliphatic rings. The van der Waals surface area contributed by atoms with Crippen LogP contribution in [0.25, 0.3) is 0 Å². The third-order valence-electron chi connectivity index (χ3n) is 2.46. The first kappa shape index (κ1) is 11.9. The fraction of sp³-hybridized carbons (Fsp3) is 0.182. The largest absolute Gasteiger partial charge is 0.508 e. The van der Waals surface area contributed by atoms with Crippen molar-refractivity contribution in [1.82, 2.24) is 9.55 Å². The highest BCUT2D eigenvalue weighted by molar-refractivity contribution is 5.52. The van der Waals surface area contributed by atoms with Gasteiger partial charge in [-0.05, 0) is 27.6 Å². The molecule has 0 radical (unpaired) electrons. The molecule has 0 aliphatic heterocycles. The quantitative estimate of drug-likeness (QED) is 0.633. The average molecular weight is 248 g/mol. The second-order valence-electron chi connectivity index (χ2n) is 3.81. The molecule has 7 nitrogen and oxygen atoms in total. The summed E-state index contributed by atoms with van der Waals surface area (Å²) >= 11 is 0. The molecule has 0 atom stereocenters. The number of benzene rings is 1. The highest BCUT2D eigenvalue weighted by Gasteiger charge is 2.19. The van der Waals surface area contributed by atoms with E-state index in [1.54, 1.807) is 29.8 Å². The van der Waals surface area contributed by atoms with Crippen LogP contribution in [0.4, 0.5) is 11.6 Å². The Morgan fingerprint density at radius 2 is 2.33 bits per heavy atom. The molecule has 0 bridgehead atoms. The number of aromatic nitrogens is 2. The van der Waals surface area contributed by atoms with E-state index in [9.17, 15) is 15.2 Å². The van der Waals surface area contributed by atoms with Crippen LogP contribution in [0, 0.1) is 10.1 Å². The highest BCUT2D eigenvalue weighted by Crippen LogP contribution is 2.22. The van der Waals surface area contributed by atoms with Crippen molar-refractivity contribution in [1.29, 1.82) is 0 Å². The SMILES string of the molecule is Cn1cnc([N+](=O)[O-])c1NCc1cccc(O)c1. The number of anilines is 1. The topological polar surface area (TPSA) is 93.2 Å². The zero-order valence-electron chi connectivity index (χ0n) is 9.70. The van der Waals surface area contributed by atoms with E-state index >= 15 is 0 Å². The van der Waals surface area contributed by atoms with Crippen molar-refractivity contribution in [2.45, 2.75) is 6.54 Å². The molecule has 0 spiro atoms. The molecule has 1 heterocycles. The van der Waals surface area contributed by atoms with Gasteiger partial charge in [0.2, 0.25) is 12.1 Å². The maximum Gasteiger partial charge on any atom is 0.406 e. The van der Waals surface area contributed by atoms with Crippen LogP contribution in [0.3, 0.4) is 0 Å². The molecule has 1 aromatic carbocycles. The second kappa shape index (κ2) is 4.74. The number of rotatable bonds is 4. The van der Waals surface area contributed by atoms with Gasteiger partial charge < -0.3 is 20.5 Å². The number of hydrogen-bond donors (Lipinski definition) is 2. The first-order chi connectivity index (χ1) is 8.58. The van der Waals surface area contributed by atoms with Crippen molar-refractivity contribution < 1.29 is 10.0 Å². The molecular formula is C11H12N4O3. The molecule has 1 aromatic heterocycles. The van der Waals surface area contributed by atoms with Gasteiger partial charge in [-0.2, -0.15) is 0 Å². The third kappa shape index (κ3) is 2.40. The minimum absolute atomic E-state index is 0.161. The van der Waals surface area contributed by atoms with Crippen molar-refractivity contribution in [2.75, 3.05) is 5.32 Å². The van der Waals surface area contributed by atoms with Gasteiger partial charge in [0.1, 0.15) is 5.75 Å². The first-order valence-corrected chi connectivity index (χ1v) is 5.25. The lowest BCUT2D eigenvalue weighted by Gasteiger charge is -2.06. The number of aryl methyl sites for hydroxylation is 1. The first-order valence-electron chi connectivity index (χ1n) is 5.25. The van der Waals surface area contributed by atoms with E-state index in [-0.39, 0.29) is 11.6 Å². The van der Waals surface area contributed by atoms with Crippen molar-refractivity contribution >= 4 is 11.6 Å². The summed E-state index contributed by atoms with van der Waals surface area (Å²) in [5.41, 5.74) is 0.825. The zero-order valence-corrected chi connectivity index (χ0v) is 9.70. The Balaban J connectivity index is 2.15. The van der Waals surface area contributed by atoms with E-state index in [1.807, 2.05) is 6.07 Å². The number of nitrogens with one attached hydrogen (secondary N) is 1. The number of phenols is 1. The Bertz CT molecular complexity index is 579. The van der Waals surface area contributed by atoms with E-state index in [4.69, 9.17) is 0 Å². The van der Waals surface area contributed by atoms with E-state index in [2.05, 4.69) is 10.3 Å². The van der Waals surface area contributed by atoms with Crippen LogP contribution in [0.1, 0.15) is 5.56 Å². The second-order valence-corrected chi connectivity index (χ2v) is 3.81. The van der Waals surface area contributed by atoms with Gasteiger partial charge in [-0.1, -0.05) is 12.1 Å². The van der Waals surface area contributed by atoms with Crippen molar-refractivity contribution in [3.63, 3.8) is 0 Å². The standard InChI is InChI=1S/C11H12N4O3/c1-14-7-13-11(15(17)18)10(14)12-6-8-3-2-4-9(16)5-8/h2-5,7,12,16H,6H2,1H3. The van der Waals surface area contributed by atoms with Gasteiger partial charge in [0.15, 0.2) is 0 Å². The normalized spacial score (nSPS) is 10.3. The molecule has 0 amide bonds. The Morgan fingerprint density at radius 1 is 1.56 bits per heavy atom. The maximum absolute atomic E-state index is 10.8. The molecule has 0 saturated heterocycles. The number of nitro groups is 1. The molecule has 2 rings (SSSR count). The molecule has 0 aliphatic carbocycles. The summed E-state index contributed by atoms with van der Waals surface area (Å²) in [4.78, 5) is 13.9. The number of imidazole rings is 1. The Hall–Kier alpha value is -2.57. The fourth-order valence-electron chi connectivity index (χ4n) is 1.61. The predicted molar refractivity (Wildman–Crippen MR) is 65.3 cm³/mol. The van der Waals surface area contributed by atoms with E-state index in [1.165, 1.54) is 6.33 Å². The van der Waals surface area contributed by atoms with Crippen LogP contribution >= 0.6 is 0 Å². The van der Waals surface area contributed by atoms with Gasteiger partial charge in [0, 0.05) is 13.6 Å². The van der Waals surface area contributed by atoms with Gasteiger partial charge >= 0.3 is 5.82 Å². The van der Waals surface area contributed by atoms with Gasteiger partial charge in [0.05, 0.1) is 0 Å². The molecule has 0 saturated carbocycles. The third-order valence-corrected chi connectivity index (χ3v) is 2.46. The Labute approximate surface area is 103 Å². The Kier molecular flexibility index (Phi) is 3.13. The number of aromatic hydroxyl groups is 1. The molecule has 7 heteroatoms. The number of nitrogens with zero attached hydrogens (tertiary/aromatic N) is 3. The molecule has 0 unspecified atom stereocenters. The van der Waals surface area contributed by atoms with Crippen molar-refractivity contribution in [3.05, 3.63) is 46.3 Å². The average Bonchev–Trinajstić information content (AvgIpc) is 2.68. The van der Waals surface area contributed by atoms with Crippen LogP contribution in [0.5, 0.6) is 5.75 Å². The summed E-state index contributed by atoms with van der Waals surface area (Å²) in [6.45, 7) is 0.370. The van der Waals surface area contributed by atoms with Crippen LogP contribution in [0.2, 0.25) is 0 Å². The molecule has 2 N–H and O–H groups in total. The lowest BCUT2D eigenvalue weighted by atomic mass is 10.2. The summed E-state index contributed by atoms with van der Waals surface area (Å²) in [7, 11) is 1.67. The minimum atomic E-state index is -0.537. The van der Waals surface area contributed by atoms with Crippen LogP contribution in [0.15, 0.2) is 30.6 Å². The molecule has 0 fully saturated rings. The van der Waals surface area contributed by atoms with E-state index in [0.29, 0.717) is 12.4 Å². The van der Waals surface area contributed by atoms with Crippen LogP contribution in [-0.4, -0.2) is 19.6 Å². The summed E-state index contributed by atoms with van der Waals surface area (Å²) in [6.07, 6.45) is 1.38. The summed E-state index contributed by atoms with van der Waals surface area (Å²) < 4.78 is 1.54. The highest BCUT2D eigenvalue weighted by atomic mass is 16.6. The number of hydrogen-bond acceptors (Lipinski definition) is 5. The minimum Gasteiger partial charge on any atom is -0.508 e. The molecule has 94 valence electrons. The molecule has 18 heavy (non-hydrogen) atoms. The van der Waals surface area contributed by atoms with E-state index in [0.717, 1.165) is 5.56 Å². The monoisotopic (exact) mass is 248 g/mol. The Morgan fingerprint density at radius 3 is 3.00 bits per heavy atom. The molecule has 2 aromatic rings. The summed E-state index contributed by atoms with van der Waals surface area (Å²) in [6, 6.07) is 6.68. The fourth-order valence-corrected chi connectivity index (χ4v) is 1.61. The van der Waals surface area contributed by atoms with Gasteiger partial charge in [-0.25, -0.2) is 0 Å². The maximum atomic E-state index is 10.8. The van der Waals surface area contributed by atoms with Gasteiger partial charge in [0.25, 0.3) is 0 Å². The van der Waals surface area contributed by atoms with Crippen LogP contribution < -0.4 is 5.32 Å². The molecular weight excluding hydrogens is 236 g/mol. The smallest absolute Gasteiger partial charge is 0.406 e. The van der Waals surface area contributed by atoms with Crippen LogP contribution in [-0.2, 0) is 13.6 Å². The summed E-state index contributed by atoms with van der Waals surface area (Å²) in [5.74, 6) is 0.287. The van der Waals surface area contributed by atoms with Crippen molar-refractivity contribution in [2.24, 2.45) is 7.05 Å². The van der Waals surface area contributed by atoms with E-state index < -0.39 is 4.92 Å². The summed E-state index contributed by atoms with van der Waals surface area (Å²) in [5, 5.41) is 23.0.